The van der Waals surface area contributed by atoms with Crippen molar-refractivity contribution in [3.63, 3.8) is 0 Å². The predicted octanol–water partition coefficient (Wildman–Crippen LogP) is 2.47. The van der Waals surface area contributed by atoms with E-state index in [2.05, 4.69) is 5.32 Å². The Morgan fingerprint density at radius 3 is 2.56 bits per heavy atom. The summed E-state index contributed by atoms with van der Waals surface area (Å²) in [6.45, 7) is 1.22. The van der Waals surface area contributed by atoms with Crippen LogP contribution in [-0.4, -0.2) is 47.6 Å². The van der Waals surface area contributed by atoms with Gasteiger partial charge in [-0.3, -0.25) is 9.69 Å². The lowest BCUT2D eigenvalue weighted by Crippen LogP contribution is -2.73. The third-order valence-electron chi connectivity index (χ3n) is 4.06. The lowest BCUT2D eigenvalue weighted by atomic mass is 9.81. The van der Waals surface area contributed by atoms with E-state index in [1.807, 2.05) is 0 Å². The van der Waals surface area contributed by atoms with Gasteiger partial charge in [0.25, 0.3) is 5.72 Å². The first kappa shape index (κ1) is 19.3. The number of carbonyl (C=O) groups excluding carboxylic acids is 2. The summed E-state index contributed by atoms with van der Waals surface area (Å²) in [6.07, 6.45) is -5.31. The van der Waals surface area contributed by atoms with Crippen LogP contribution in [0, 0.1) is 5.92 Å². The van der Waals surface area contributed by atoms with Gasteiger partial charge in [0.2, 0.25) is 0 Å². The van der Waals surface area contributed by atoms with Gasteiger partial charge in [-0.2, -0.15) is 13.2 Å². The van der Waals surface area contributed by atoms with Crippen LogP contribution in [0.3, 0.4) is 0 Å². The molecule has 6 nitrogen and oxygen atoms in total. The molecule has 0 unspecified atom stereocenters. The number of alkyl halides is 3. The van der Waals surface area contributed by atoms with Gasteiger partial charge < -0.3 is 15.2 Å². The van der Waals surface area contributed by atoms with Gasteiger partial charge in [0, 0.05) is 12.1 Å². The van der Waals surface area contributed by atoms with E-state index in [9.17, 15) is 27.9 Å². The average Bonchev–Trinajstić information content (AvgIpc) is 2.51. The summed E-state index contributed by atoms with van der Waals surface area (Å²) in [5.41, 5.74) is -3.70. The highest BCUT2D eigenvalue weighted by Gasteiger charge is 2.70. The molecule has 1 fully saturated rings. The fourth-order valence-corrected chi connectivity index (χ4v) is 3.05. The Hall–Kier alpha value is -2.00. The maximum atomic E-state index is 13.7. The largest absolute Gasteiger partial charge is 0.466 e. The van der Waals surface area contributed by atoms with Crippen molar-refractivity contribution >= 4 is 23.6 Å². The third-order valence-corrected chi connectivity index (χ3v) is 4.40. The zero-order valence-corrected chi connectivity index (χ0v) is 14.1. The summed E-state index contributed by atoms with van der Waals surface area (Å²) in [6, 6.07) is 3.06. The molecule has 2 N–H and O–H groups in total. The first-order valence-corrected chi connectivity index (χ1v) is 7.68. The predicted molar refractivity (Wildman–Crippen MR) is 81.6 cm³/mol. The lowest BCUT2D eigenvalue weighted by molar-refractivity contribution is -0.328. The van der Waals surface area contributed by atoms with Crippen molar-refractivity contribution in [3.8, 4) is 0 Å². The van der Waals surface area contributed by atoms with Crippen LogP contribution in [0.4, 0.5) is 18.0 Å². The van der Waals surface area contributed by atoms with E-state index in [4.69, 9.17) is 16.3 Å². The smallest absolute Gasteiger partial charge is 0.437 e. The molecule has 1 aliphatic heterocycles. The minimum absolute atomic E-state index is 0.0381. The molecule has 0 radical (unpaired) electrons. The van der Waals surface area contributed by atoms with Crippen molar-refractivity contribution in [2.75, 3.05) is 13.7 Å². The van der Waals surface area contributed by atoms with Crippen molar-refractivity contribution in [1.29, 1.82) is 0 Å². The summed E-state index contributed by atoms with van der Waals surface area (Å²) in [5.74, 6) is -3.48. The molecule has 0 aliphatic carbocycles. The van der Waals surface area contributed by atoms with Gasteiger partial charge in [0.15, 0.2) is 0 Å². The molecule has 1 aromatic rings. The summed E-state index contributed by atoms with van der Waals surface area (Å²) in [7, 11) is 0.748. The molecule has 3 atom stereocenters. The Morgan fingerprint density at radius 1 is 1.44 bits per heavy atom. The standard InChI is InChI=1S/C15H16ClF3N2O4/c1-3-25-12(22)10-11(8-6-4-5-7-9(8)16)20-13(23)21(2)14(10,24)15(17,18)19/h4-7,10-11,24H,3H2,1-2H3,(H,20,23)/t10-,11-,14+/m0/s1. The number of nitrogens with zero attached hydrogens (tertiary/aromatic N) is 1. The van der Waals surface area contributed by atoms with Gasteiger partial charge in [-0.1, -0.05) is 29.8 Å². The summed E-state index contributed by atoms with van der Waals surface area (Å²) >= 11 is 6.02. The number of hydrogen-bond acceptors (Lipinski definition) is 4. The van der Waals surface area contributed by atoms with Crippen LogP contribution < -0.4 is 5.32 Å². The number of ether oxygens (including phenoxy) is 1. The topological polar surface area (TPSA) is 78.9 Å². The fraction of sp³-hybridized carbons (Fsp3) is 0.467. The summed E-state index contributed by atoms with van der Waals surface area (Å²) < 4.78 is 45.8. The second kappa shape index (κ2) is 6.72. The second-order valence-electron chi connectivity index (χ2n) is 5.46. The second-order valence-corrected chi connectivity index (χ2v) is 5.87. The van der Waals surface area contributed by atoms with Crippen molar-refractivity contribution < 1.29 is 32.6 Å². The fourth-order valence-electron chi connectivity index (χ4n) is 2.79. The van der Waals surface area contributed by atoms with Crippen LogP contribution in [0.5, 0.6) is 0 Å². The van der Waals surface area contributed by atoms with Gasteiger partial charge in [0.1, 0.15) is 5.92 Å². The molecule has 138 valence electrons. The maximum absolute atomic E-state index is 13.7. The maximum Gasteiger partial charge on any atom is 0.437 e. The first-order chi connectivity index (χ1) is 11.6. The van der Waals surface area contributed by atoms with Crippen LogP contribution in [0.15, 0.2) is 24.3 Å². The number of esters is 1. The van der Waals surface area contributed by atoms with Gasteiger partial charge in [-0.25, -0.2) is 4.79 Å². The van der Waals surface area contributed by atoms with Gasteiger partial charge in [-0.05, 0) is 18.6 Å². The van der Waals surface area contributed by atoms with E-state index in [1.165, 1.54) is 31.2 Å². The van der Waals surface area contributed by atoms with Crippen LogP contribution in [0.2, 0.25) is 5.02 Å². The average molecular weight is 381 g/mol. The molecule has 0 bridgehead atoms. The molecular formula is C15H16ClF3N2O4. The molecule has 1 aliphatic rings. The molecule has 10 heteroatoms. The molecule has 2 rings (SSSR count). The number of halogens is 4. The normalized spacial score (nSPS) is 27.0. The van der Waals surface area contributed by atoms with E-state index in [0.29, 0.717) is 0 Å². The number of hydrogen-bond donors (Lipinski definition) is 2. The number of nitrogens with one attached hydrogen (secondary N) is 1. The van der Waals surface area contributed by atoms with E-state index >= 15 is 0 Å². The Kier molecular flexibility index (Phi) is 5.19. The summed E-state index contributed by atoms with van der Waals surface area (Å²) in [5, 5.41) is 12.7. The Labute approximate surface area is 146 Å². The number of urea groups is 1. The Morgan fingerprint density at radius 2 is 2.04 bits per heavy atom. The van der Waals surface area contributed by atoms with E-state index in [1.54, 1.807) is 0 Å². The van der Waals surface area contributed by atoms with Crippen molar-refractivity contribution in [2.24, 2.45) is 5.92 Å². The van der Waals surface area contributed by atoms with Crippen molar-refractivity contribution in [2.45, 2.75) is 24.9 Å². The molecule has 0 spiro atoms. The van der Waals surface area contributed by atoms with E-state index in [-0.39, 0.29) is 22.1 Å². The molecule has 1 heterocycles. The van der Waals surface area contributed by atoms with Crippen LogP contribution in [0.1, 0.15) is 18.5 Å². The lowest BCUT2D eigenvalue weighted by Gasteiger charge is -2.49. The third kappa shape index (κ3) is 3.13. The quantitative estimate of drug-likeness (QED) is 0.790. The van der Waals surface area contributed by atoms with E-state index in [0.717, 1.165) is 7.05 Å². The number of aliphatic hydroxyl groups is 1. The Bertz CT molecular complexity index is 685. The van der Waals surface area contributed by atoms with E-state index < -0.39 is 35.9 Å². The molecular weight excluding hydrogens is 365 g/mol. The SMILES string of the molecule is CCOC(=O)[C@@H]1[C@H](c2ccccc2Cl)NC(=O)N(C)[C@]1(O)C(F)(F)F. The number of carbonyl (C=O) groups is 2. The van der Waals surface area contributed by atoms with Gasteiger partial charge in [-0.15, -0.1) is 0 Å². The van der Waals surface area contributed by atoms with Crippen molar-refractivity contribution in [3.05, 3.63) is 34.9 Å². The minimum atomic E-state index is -5.31. The monoisotopic (exact) mass is 380 g/mol. The number of benzene rings is 1. The molecule has 25 heavy (non-hydrogen) atoms. The highest BCUT2D eigenvalue weighted by Crippen LogP contribution is 2.47. The van der Waals surface area contributed by atoms with Gasteiger partial charge in [0.05, 0.1) is 12.6 Å². The first-order valence-electron chi connectivity index (χ1n) is 7.30. The van der Waals surface area contributed by atoms with Crippen LogP contribution >= 0.6 is 11.6 Å². The van der Waals surface area contributed by atoms with Crippen molar-refractivity contribution in [1.82, 2.24) is 10.2 Å². The molecule has 0 saturated carbocycles. The number of rotatable bonds is 3. The molecule has 0 aromatic heterocycles. The minimum Gasteiger partial charge on any atom is -0.466 e. The van der Waals surface area contributed by atoms with Gasteiger partial charge >= 0.3 is 18.2 Å². The zero-order valence-electron chi connectivity index (χ0n) is 13.3. The number of amides is 2. The zero-order chi connectivity index (χ0) is 19.0. The van der Waals surface area contributed by atoms with Crippen LogP contribution in [0.25, 0.3) is 0 Å². The highest BCUT2D eigenvalue weighted by atomic mass is 35.5. The Balaban J connectivity index is 2.67. The highest BCUT2D eigenvalue weighted by molar-refractivity contribution is 6.31. The van der Waals surface area contributed by atoms with Crippen LogP contribution in [-0.2, 0) is 9.53 Å². The summed E-state index contributed by atoms with van der Waals surface area (Å²) in [4.78, 5) is 24.4. The molecule has 2 amide bonds. The molecule has 1 saturated heterocycles. The molecule has 1 aromatic carbocycles.